The van der Waals surface area contributed by atoms with E-state index in [1.165, 1.54) is 5.56 Å². The molecule has 0 fully saturated rings. The maximum atomic E-state index is 6.26. The molecule has 0 saturated heterocycles. The Bertz CT molecular complexity index is 536. The summed E-state index contributed by atoms with van der Waals surface area (Å²) in [6.45, 7) is 2.85. The average Bonchev–Trinajstić information content (AvgIpc) is 2.88. The van der Waals surface area contributed by atoms with Crippen LogP contribution in [0.25, 0.3) is 0 Å². The van der Waals surface area contributed by atoms with E-state index < -0.39 is 0 Å². The van der Waals surface area contributed by atoms with Crippen LogP contribution < -0.4 is 10.5 Å². The smallest absolute Gasteiger partial charge is 0.119 e. The summed E-state index contributed by atoms with van der Waals surface area (Å²) >= 11 is 0. The highest BCUT2D eigenvalue weighted by Gasteiger charge is 2.08. The second-order valence-electron chi connectivity index (χ2n) is 5.09. The molecule has 2 rings (SSSR count). The molecule has 0 aliphatic carbocycles. The monoisotopic (exact) mass is 273 g/mol. The van der Waals surface area contributed by atoms with Crippen molar-refractivity contribution in [3.05, 3.63) is 47.8 Å². The Balaban J connectivity index is 1.92. The quantitative estimate of drug-likeness (QED) is 0.844. The summed E-state index contributed by atoms with van der Waals surface area (Å²) in [5.41, 5.74) is 8.62. The topological polar surface area (TPSA) is 53.1 Å². The predicted molar refractivity (Wildman–Crippen MR) is 80.7 cm³/mol. The number of hydrogen-bond donors (Lipinski definition) is 1. The molecule has 0 aliphatic heterocycles. The fourth-order valence-electron chi connectivity index (χ4n) is 2.14. The minimum absolute atomic E-state index is 0.0281. The molecule has 4 heteroatoms. The lowest BCUT2D eigenvalue weighted by atomic mass is 10.0. The summed E-state index contributed by atoms with van der Waals surface area (Å²) in [5.74, 6) is 0.904. The average molecular weight is 273 g/mol. The summed E-state index contributed by atoms with van der Waals surface area (Å²) in [6, 6.07) is 8.12. The van der Waals surface area contributed by atoms with E-state index in [0.29, 0.717) is 0 Å². The molecule has 0 saturated carbocycles. The molecule has 1 unspecified atom stereocenters. The third-order valence-electron chi connectivity index (χ3n) is 3.26. The van der Waals surface area contributed by atoms with Gasteiger partial charge < -0.3 is 10.5 Å². The molecule has 2 aromatic rings. The van der Waals surface area contributed by atoms with Gasteiger partial charge >= 0.3 is 0 Å². The number of hydrogen-bond acceptors (Lipinski definition) is 3. The molecule has 1 aromatic heterocycles. The molecule has 1 aromatic carbocycles. The van der Waals surface area contributed by atoms with Crippen molar-refractivity contribution in [2.75, 3.05) is 6.61 Å². The molecule has 0 amide bonds. The van der Waals surface area contributed by atoms with E-state index >= 15 is 0 Å². The van der Waals surface area contributed by atoms with Gasteiger partial charge in [-0.2, -0.15) is 5.10 Å². The van der Waals surface area contributed by atoms with Crippen LogP contribution in [0.3, 0.4) is 0 Å². The van der Waals surface area contributed by atoms with Gasteiger partial charge in [0.15, 0.2) is 0 Å². The molecule has 108 valence electrons. The zero-order valence-corrected chi connectivity index (χ0v) is 12.2. The summed E-state index contributed by atoms with van der Waals surface area (Å²) in [4.78, 5) is 0. The van der Waals surface area contributed by atoms with Crippen LogP contribution in [0.4, 0.5) is 0 Å². The first-order valence-electron chi connectivity index (χ1n) is 7.15. The SMILES string of the molecule is CCCOc1cccc(C(N)CCc2cnn(C)c2)c1. The Morgan fingerprint density at radius 2 is 2.25 bits per heavy atom. The van der Waals surface area contributed by atoms with Gasteiger partial charge in [0.25, 0.3) is 0 Å². The van der Waals surface area contributed by atoms with Crippen LogP contribution in [0, 0.1) is 0 Å². The zero-order valence-electron chi connectivity index (χ0n) is 12.2. The van der Waals surface area contributed by atoms with Gasteiger partial charge in [0.05, 0.1) is 12.8 Å². The molecule has 0 bridgehead atoms. The lowest BCUT2D eigenvalue weighted by Crippen LogP contribution is -2.11. The number of aromatic nitrogens is 2. The van der Waals surface area contributed by atoms with Gasteiger partial charge in [-0.25, -0.2) is 0 Å². The van der Waals surface area contributed by atoms with Crippen molar-refractivity contribution in [3.63, 3.8) is 0 Å². The van der Waals surface area contributed by atoms with Gasteiger partial charge in [-0.3, -0.25) is 4.68 Å². The summed E-state index contributed by atoms with van der Waals surface area (Å²) < 4.78 is 7.46. The van der Waals surface area contributed by atoms with Crippen molar-refractivity contribution in [1.29, 1.82) is 0 Å². The van der Waals surface area contributed by atoms with E-state index in [-0.39, 0.29) is 6.04 Å². The molecule has 4 nitrogen and oxygen atoms in total. The zero-order chi connectivity index (χ0) is 14.4. The second kappa shape index (κ2) is 7.10. The summed E-state index contributed by atoms with van der Waals surface area (Å²) in [7, 11) is 1.93. The van der Waals surface area contributed by atoms with Gasteiger partial charge in [-0.1, -0.05) is 19.1 Å². The maximum absolute atomic E-state index is 6.26. The molecule has 20 heavy (non-hydrogen) atoms. The molecule has 1 heterocycles. The van der Waals surface area contributed by atoms with Crippen LogP contribution in [0.5, 0.6) is 5.75 Å². The van der Waals surface area contributed by atoms with Gasteiger partial charge in [0, 0.05) is 19.3 Å². The fraction of sp³-hybridized carbons (Fsp3) is 0.438. The Kier molecular flexibility index (Phi) is 5.18. The third kappa shape index (κ3) is 4.10. The standard InChI is InChI=1S/C16H23N3O/c1-3-9-20-15-6-4-5-14(10-15)16(17)8-7-13-11-18-19(2)12-13/h4-6,10-12,16H,3,7-9,17H2,1-2H3. The lowest BCUT2D eigenvalue weighted by Gasteiger charge is -2.13. The number of ether oxygens (including phenoxy) is 1. The van der Waals surface area contributed by atoms with Gasteiger partial charge in [0.1, 0.15) is 5.75 Å². The van der Waals surface area contributed by atoms with E-state index in [2.05, 4.69) is 18.1 Å². The molecular formula is C16H23N3O. The van der Waals surface area contributed by atoms with Crippen LogP contribution in [0.2, 0.25) is 0 Å². The van der Waals surface area contributed by atoms with Crippen LogP contribution in [0.15, 0.2) is 36.7 Å². The molecule has 2 N–H and O–H groups in total. The number of rotatable bonds is 7. The van der Waals surface area contributed by atoms with Crippen molar-refractivity contribution < 1.29 is 4.74 Å². The highest BCUT2D eigenvalue weighted by Crippen LogP contribution is 2.21. The van der Waals surface area contributed by atoms with E-state index in [4.69, 9.17) is 10.5 Å². The molecule has 0 radical (unpaired) electrons. The van der Waals surface area contributed by atoms with Crippen molar-refractivity contribution >= 4 is 0 Å². The van der Waals surface area contributed by atoms with Crippen LogP contribution >= 0.6 is 0 Å². The molecule has 0 aliphatic rings. The van der Waals surface area contributed by atoms with Gasteiger partial charge in [-0.15, -0.1) is 0 Å². The van der Waals surface area contributed by atoms with Crippen molar-refractivity contribution in [1.82, 2.24) is 9.78 Å². The van der Waals surface area contributed by atoms with Crippen molar-refractivity contribution in [2.24, 2.45) is 12.8 Å². The first-order chi connectivity index (χ1) is 9.69. The largest absolute Gasteiger partial charge is 0.494 e. The maximum Gasteiger partial charge on any atom is 0.119 e. The number of benzene rings is 1. The Morgan fingerprint density at radius 3 is 2.95 bits per heavy atom. The first-order valence-corrected chi connectivity index (χ1v) is 7.15. The van der Waals surface area contributed by atoms with Crippen LogP contribution in [0.1, 0.15) is 36.9 Å². The summed E-state index contributed by atoms with van der Waals surface area (Å²) in [5, 5.41) is 4.17. The van der Waals surface area contributed by atoms with Crippen LogP contribution in [-0.4, -0.2) is 16.4 Å². The van der Waals surface area contributed by atoms with Gasteiger partial charge in [-0.05, 0) is 42.5 Å². The summed E-state index contributed by atoms with van der Waals surface area (Å²) in [6.07, 6.45) is 6.79. The van der Waals surface area contributed by atoms with E-state index in [0.717, 1.165) is 37.2 Å². The normalized spacial score (nSPS) is 12.3. The van der Waals surface area contributed by atoms with Crippen molar-refractivity contribution in [3.8, 4) is 5.75 Å². The molecular weight excluding hydrogens is 250 g/mol. The molecule has 1 atom stereocenters. The number of aryl methyl sites for hydroxylation is 2. The van der Waals surface area contributed by atoms with E-state index in [1.54, 1.807) is 0 Å². The highest BCUT2D eigenvalue weighted by atomic mass is 16.5. The minimum Gasteiger partial charge on any atom is -0.494 e. The Hall–Kier alpha value is -1.81. The highest BCUT2D eigenvalue weighted by molar-refractivity contribution is 5.30. The minimum atomic E-state index is 0.0281. The third-order valence-corrected chi connectivity index (χ3v) is 3.26. The fourth-order valence-corrected chi connectivity index (χ4v) is 2.14. The Morgan fingerprint density at radius 1 is 1.40 bits per heavy atom. The van der Waals surface area contributed by atoms with Crippen molar-refractivity contribution in [2.45, 2.75) is 32.2 Å². The number of nitrogens with zero attached hydrogens (tertiary/aromatic N) is 2. The predicted octanol–water partition coefficient (Wildman–Crippen LogP) is 2.84. The number of nitrogens with two attached hydrogens (primary N) is 1. The second-order valence-corrected chi connectivity index (χ2v) is 5.09. The molecule has 0 spiro atoms. The Labute approximate surface area is 120 Å². The lowest BCUT2D eigenvalue weighted by molar-refractivity contribution is 0.317. The van der Waals surface area contributed by atoms with Gasteiger partial charge in [0.2, 0.25) is 0 Å². The first kappa shape index (κ1) is 14.6. The van der Waals surface area contributed by atoms with Crippen LogP contribution in [-0.2, 0) is 13.5 Å². The van der Waals surface area contributed by atoms with E-state index in [1.807, 2.05) is 42.3 Å². The van der Waals surface area contributed by atoms with E-state index in [9.17, 15) is 0 Å².